The van der Waals surface area contributed by atoms with Crippen molar-refractivity contribution >= 4 is 116 Å². The molecular formula is C46H36Cl4F6N8O6. The highest BCUT2D eigenvalue weighted by atomic mass is 35.5. The Kier molecular flexibility index (Phi) is 17.6. The number of benzene rings is 5. The number of Topliss-reactive ketones (excluding diaryl/α,β-unsaturated/α-hetero) is 2. The molecule has 24 heteroatoms. The third kappa shape index (κ3) is 14.2. The molecule has 4 amide bonds. The number of carbonyl (C=O) groups excluding carboxylic acids is 6. The van der Waals surface area contributed by atoms with Crippen molar-refractivity contribution in [2.45, 2.75) is 65.0 Å². The second kappa shape index (κ2) is 22.8. The van der Waals surface area contributed by atoms with Crippen molar-refractivity contribution in [1.29, 1.82) is 0 Å². The highest BCUT2D eigenvalue weighted by Crippen LogP contribution is 2.38. The number of halogens is 10. The Bertz CT molecular complexity index is 2940. The van der Waals surface area contributed by atoms with Crippen LogP contribution in [0.15, 0.2) is 105 Å². The standard InChI is InChI=1S/C46H36Cl4F6N8O6/c1-5-23-13-31(59-43(69)38(21(3)65)63-61-32-15-25(11-27(47)17-32)41(67)57-29-7-9-34(36(49)19-29)45(51,52)53)14-24(6-2)40(23)60-44(70)39(22(4)66)64-62-33-16-26(12-28(48)18-33)42(68)58-30-8-10-35(37(50)20-30)46(54,55)56/h7-20,38-39H,5-6H2,1-4H3,(H,57,67)(H,58,68)(H,59,69)(H,60,70). The third-order valence-electron chi connectivity index (χ3n) is 9.78. The van der Waals surface area contributed by atoms with E-state index in [1.54, 1.807) is 13.8 Å². The minimum absolute atomic E-state index is 0.00659. The maximum Gasteiger partial charge on any atom is 0.417 e. The fourth-order valence-electron chi connectivity index (χ4n) is 6.42. The zero-order valence-electron chi connectivity index (χ0n) is 36.7. The van der Waals surface area contributed by atoms with Gasteiger partial charge >= 0.3 is 12.4 Å². The number of nitrogens with one attached hydrogen (secondary N) is 4. The summed E-state index contributed by atoms with van der Waals surface area (Å²) in [5.41, 5.74) is -1.13. The van der Waals surface area contributed by atoms with E-state index in [2.05, 4.69) is 41.7 Å². The average Bonchev–Trinajstić information content (AvgIpc) is 3.25. The van der Waals surface area contributed by atoms with Gasteiger partial charge in [-0.15, -0.1) is 0 Å². The molecule has 0 radical (unpaired) electrons. The van der Waals surface area contributed by atoms with Crippen molar-refractivity contribution < 1.29 is 55.1 Å². The van der Waals surface area contributed by atoms with Gasteiger partial charge in [0.1, 0.15) is 0 Å². The first kappa shape index (κ1) is 54.2. The molecule has 4 N–H and O–H groups in total. The van der Waals surface area contributed by atoms with Crippen molar-refractivity contribution in [3.63, 3.8) is 0 Å². The van der Waals surface area contributed by atoms with E-state index in [9.17, 15) is 55.1 Å². The van der Waals surface area contributed by atoms with Crippen LogP contribution < -0.4 is 21.3 Å². The lowest BCUT2D eigenvalue weighted by Gasteiger charge is -2.19. The van der Waals surface area contributed by atoms with Gasteiger partial charge in [-0.25, -0.2) is 0 Å². The number of nitrogens with zero attached hydrogens (tertiary/aromatic N) is 4. The Balaban J connectivity index is 1.30. The molecular weight excluding hydrogens is 1020 g/mol. The summed E-state index contributed by atoms with van der Waals surface area (Å²) < 4.78 is 78.8. The second-order valence-electron chi connectivity index (χ2n) is 15.0. The number of rotatable bonds is 16. The number of hydrogen-bond donors (Lipinski definition) is 4. The first-order valence-corrected chi connectivity index (χ1v) is 21.9. The molecule has 0 aliphatic heterocycles. The van der Waals surface area contributed by atoms with Gasteiger partial charge in [-0.3, -0.25) is 28.8 Å². The number of anilines is 4. The Labute approximate surface area is 414 Å². The van der Waals surface area contributed by atoms with E-state index in [4.69, 9.17) is 46.4 Å². The molecule has 0 aliphatic rings. The van der Waals surface area contributed by atoms with Crippen LogP contribution in [0.5, 0.6) is 0 Å². The fourth-order valence-corrected chi connectivity index (χ4v) is 7.46. The minimum atomic E-state index is -4.71. The lowest BCUT2D eigenvalue weighted by atomic mass is 10.0. The van der Waals surface area contributed by atoms with E-state index < -0.39 is 80.8 Å². The first-order valence-electron chi connectivity index (χ1n) is 20.3. The predicted molar refractivity (Wildman–Crippen MR) is 252 cm³/mol. The van der Waals surface area contributed by atoms with Gasteiger partial charge in [0, 0.05) is 43.9 Å². The number of carbonyl (C=O) groups is 6. The largest absolute Gasteiger partial charge is 0.417 e. The highest BCUT2D eigenvalue weighted by Gasteiger charge is 2.34. The molecule has 70 heavy (non-hydrogen) atoms. The van der Waals surface area contributed by atoms with Crippen molar-refractivity contribution in [3.05, 3.63) is 138 Å². The topological polar surface area (TPSA) is 200 Å². The van der Waals surface area contributed by atoms with Crippen LogP contribution in [0.4, 0.5) is 60.5 Å². The van der Waals surface area contributed by atoms with Crippen LogP contribution in [-0.4, -0.2) is 47.3 Å². The Morgan fingerprint density at radius 1 is 0.514 bits per heavy atom. The fraction of sp³-hybridized carbons (Fsp3) is 0.217. The summed E-state index contributed by atoms with van der Waals surface area (Å²) >= 11 is 24.0. The van der Waals surface area contributed by atoms with Crippen LogP contribution in [0.25, 0.3) is 0 Å². The Hall–Kier alpha value is -6.74. The van der Waals surface area contributed by atoms with E-state index in [1.807, 2.05) is 0 Å². The lowest BCUT2D eigenvalue weighted by molar-refractivity contribution is -0.138. The molecule has 0 aliphatic carbocycles. The molecule has 5 rings (SSSR count). The summed E-state index contributed by atoms with van der Waals surface area (Å²) in [6, 6.07) is 12.4. The van der Waals surface area contributed by atoms with Crippen molar-refractivity contribution in [2.75, 3.05) is 21.3 Å². The molecule has 0 heterocycles. The zero-order chi connectivity index (χ0) is 51.8. The molecule has 0 fully saturated rings. The van der Waals surface area contributed by atoms with Gasteiger partial charge in [0.15, 0.2) is 11.6 Å². The van der Waals surface area contributed by atoms with Crippen molar-refractivity contribution in [3.8, 4) is 0 Å². The molecule has 0 spiro atoms. The summed E-state index contributed by atoms with van der Waals surface area (Å²) in [6.45, 7) is 5.70. The second-order valence-corrected chi connectivity index (χ2v) is 16.7. The normalized spacial score (nSPS) is 12.7. The summed E-state index contributed by atoms with van der Waals surface area (Å²) in [5, 5.41) is 24.6. The minimum Gasteiger partial charge on any atom is -0.324 e. The van der Waals surface area contributed by atoms with Gasteiger partial charge in [0.2, 0.25) is 12.1 Å². The van der Waals surface area contributed by atoms with E-state index >= 15 is 0 Å². The van der Waals surface area contributed by atoms with E-state index in [0.717, 1.165) is 38.1 Å². The van der Waals surface area contributed by atoms with Crippen LogP contribution >= 0.6 is 46.4 Å². The molecule has 0 saturated carbocycles. The third-order valence-corrected chi connectivity index (χ3v) is 10.8. The van der Waals surface area contributed by atoms with Crippen LogP contribution in [0.2, 0.25) is 20.1 Å². The number of ketones is 2. The molecule has 366 valence electrons. The van der Waals surface area contributed by atoms with E-state index in [-0.39, 0.29) is 62.5 Å². The number of azo groups is 2. The van der Waals surface area contributed by atoms with Crippen molar-refractivity contribution in [2.24, 2.45) is 20.5 Å². The van der Waals surface area contributed by atoms with Gasteiger partial charge in [-0.05, 0) is 123 Å². The summed E-state index contributed by atoms with van der Waals surface area (Å²) in [6.07, 6.45) is -8.85. The van der Waals surface area contributed by atoms with Gasteiger partial charge in [0.05, 0.1) is 32.5 Å². The van der Waals surface area contributed by atoms with Gasteiger partial charge in [0.25, 0.3) is 23.6 Å². The maximum absolute atomic E-state index is 13.6. The smallest absolute Gasteiger partial charge is 0.324 e. The average molecular weight is 1050 g/mol. The number of hydrogen-bond acceptors (Lipinski definition) is 10. The van der Waals surface area contributed by atoms with Crippen LogP contribution in [0.3, 0.4) is 0 Å². The maximum atomic E-state index is 13.6. The first-order chi connectivity index (χ1) is 32.8. The summed E-state index contributed by atoms with van der Waals surface area (Å²) in [7, 11) is 0. The monoisotopic (exact) mass is 1050 g/mol. The molecule has 0 bridgehead atoms. The number of aryl methyl sites for hydroxylation is 2. The quantitative estimate of drug-likeness (QED) is 0.0430. The van der Waals surface area contributed by atoms with Crippen LogP contribution in [-0.2, 0) is 44.4 Å². The lowest BCUT2D eigenvalue weighted by Crippen LogP contribution is -2.33. The van der Waals surface area contributed by atoms with Crippen LogP contribution in [0, 0.1) is 0 Å². The molecule has 0 saturated heterocycles. The van der Waals surface area contributed by atoms with Crippen molar-refractivity contribution in [1.82, 2.24) is 0 Å². The molecule has 14 nitrogen and oxygen atoms in total. The molecule has 0 aromatic heterocycles. The number of amides is 4. The summed E-state index contributed by atoms with van der Waals surface area (Å²) in [5.74, 6) is -4.84. The van der Waals surface area contributed by atoms with Gasteiger partial charge in [-0.1, -0.05) is 60.3 Å². The van der Waals surface area contributed by atoms with E-state index in [1.165, 1.54) is 48.5 Å². The van der Waals surface area contributed by atoms with Gasteiger partial charge in [-0.2, -0.15) is 46.8 Å². The SMILES string of the molecule is CCc1cc(NC(=O)C(N=Nc2cc(Cl)cc(C(=O)Nc3ccc(C(F)(F)F)c(Cl)c3)c2)C(C)=O)cc(CC)c1NC(=O)C(N=Nc1cc(Cl)cc(C(=O)Nc2ccc(C(F)(F)F)c(Cl)c2)c1)C(C)=O. The zero-order valence-corrected chi connectivity index (χ0v) is 39.7. The molecule has 5 aromatic carbocycles. The predicted octanol–water partition coefficient (Wildman–Crippen LogP) is 13.3. The molecule has 2 atom stereocenters. The summed E-state index contributed by atoms with van der Waals surface area (Å²) in [4.78, 5) is 78.6. The molecule has 2 unspecified atom stereocenters. The Morgan fingerprint density at radius 3 is 1.24 bits per heavy atom. The number of alkyl halides is 6. The van der Waals surface area contributed by atoms with E-state index in [0.29, 0.717) is 28.9 Å². The molecule has 5 aromatic rings. The van der Waals surface area contributed by atoms with Gasteiger partial charge < -0.3 is 21.3 Å². The van der Waals surface area contributed by atoms with Crippen LogP contribution in [0.1, 0.15) is 70.7 Å². The highest BCUT2D eigenvalue weighted by molar-refractivity contribution is 6.33. The Morgan fingerprint density at radius 2 is 0.900 bits per heavy atom.